The van der Waals surface area contributed by atoms with E-state index in [1.807, 2.05) is 32.3 Å². The molecule has 0 aliphatic carbocycles. The average Bonchev–Trinajstić information content (AvgIpc) is 2.86. The number of nitrogens with one attached hydrogen (secondary N) is 1. The molecule has 3 heterocycles. The van der Waals surface area contributed by atoms with Crippen molar-refractivity contribution in [3.05, 3.63) is 76.3 Å². The Morgan fingerprint density at radius 2 is 1.75 bits per heavy atom. The molecule has 2 aromatic heterocycles. The second-order valence-electron chi connectivity index (χ2n) is 9.17. The molecule has 0 amide bonds. The SMILES string of the molecule is CN(C)Cc1cc(-c2cc(-c3ccc4c(=O)[nH]cc(F)c4c3)c(N)nc2F)ccc1N1CCOCC1. The van der Waals surface area contributed by atoms with E-state index in [2.05, 4.69) is 19.8 Å². The second kappa shape index (κ2) is 9.67. The average molecular weight is 492 g/mol. The topological polar surface area (TPSA) is 87.5 Å². The molecule has 0 bridgehead atoms. The van der Waals surface area contributed by atoms with Crippen LogP contribution in [-0.4, -0.2) is 55.3 Å². The van der Waals surface area contributed by atoms with Gasteiger partial charge in [-0.15, -0.1) is 0 Å². The molecule has 0 atom stereocenters. The molecule has 1 aliphatic rings. The number of nitrogen functional groups attached to an aromatic ring is 1. The summed E-state index contributed by atoms with van der Waals surface area (Å²) in [4.78, 5) is 22.7. The zero-order valence-electron chi connectivity index (χ0n) is 20.1. The van der Waals surface area contributed by atoms with Crippen molar-refractivity contribution in [3.8, 4) is 22.3 Å². The number of morpholine rings is 1. The van der Waals surface area contributed by atoms with Crippen LogP contribution in [0.5, 0.6) is 0 Å². The molecule has 4 aromatic rings. The fraction of sp³-hybridized carbons (Fsp3) is 0.259. The van der Waals surface area contributed by atoms with Crippen LogP contribution in [0.3, 0.4) is 0 Å². The van der Waals surface area contributed by atoms with Gasteiger partial charge >= 0.3 is 0 Å². The number of H-pyrrole nitrogens is 1. The number of fused-ring (bicyclic) bond motifs is 1. The summed E-state index contributed by atoms with van der Waals surface area (Å²) in [6.45, 7) is 3.60. The summed E-state index contributed by atoms with van der Waals surface area (Å²) in [6, 6.07) is 12.2. The summed E-state index contributed by atoms with van der Waals surface area (Å²) in [6.07, 6.45) is 1.02. The van der Waals surface area contributed by atoms with Gasteiger partial charge in [0, 0.05) is 53.4 Å². The third-order valence-corrected chi connectivity index (χ3v) is 6.40. The maximum atomic E-state index is 15.1. The molecule has 186 valence electrons. The van der Waals surface area contributed by atoms with Crippen LogP contribution in [0.2, 0.25) is 0 Å². The van der Waals surface area contributed by atoms with Gasteiger partial charge in [-0.05, 0) is 61.1 Å². The van der Waals surface area contributed by atoms with Crippen LogP contribution < -0.4 is 16.2 Å². The Morgan fingerprint density at radius 1 is 1.03 bits per heavy atom. The normalized spacial score (nSPS) is 14.1. The zero-order chi connectivity index (χ0) is 25.4. The smallest absolute Gasteiger partial charge is 0.256 e. The molecule has 1 saturated heterocycles. The number of nitrogens with two attached hydrogens (primary N) is 1. The minimum absolute atomic E-state index is 0.0145. The molecule has 9 heteroatoms. The van der Waals surface area contributed by atoms with Crippen LogP contribution in [0, 0.1) is 11.8 Å². The Balaban J connectivity index is 1.61. The van der Waals surface area contributed by atoms with Crippen LogP contribution in [0.15, 0.2) is 53.5 Å². The fourth-order valence-corrected chi connectivity index (χ4v) is 4.66. The van der Waals surface area contributed by atoms with Crippen molar-refractivity contribution in [2.45, 2.75) is 6.54 Å². The number of benzene rings is 2. The highest BCUT2D eigenvalue weighted by Crippen LogP contribution is 2.35. The number of nitrogens with zero attached hydrogens (tertiary/aromatic N) is 3. The van der Waals surface area contributed by atoms with Gasteiger partial charge in [0.1, 0.15) is 11.6 Å². The number of halogens is 2. The van der Waals surface area contributed by atoms with E-state index in [9.17, 15) is 9.18 Å². The third kappa shape index (κ3) is 4.55. The lowest BCUT2D eigenvalue weighted by Crippen LogP contribution is -2.37. The molecule has 0 saturated carbocycles. The van der Waals surface area contributed by atoms with E-state index in [4.69, 9.17) is 10.5 Å². The molecule has 0 unspecified atom stereocenters. The Morgan fingerprint density at radius 3 is 2.50 bits per heavy atom. The van der Waals surface area contributed by atoms with Gasteiger partial charge in [0.15, 0.2) is 0 Å². The van der Waals surface area contributed by atoms with Crippen LogP contribution in [0.25, 0.3) is 33.0 Å². The Kier molecular flexibility index (Phi) is 6.42. The number of pyridine rings is 2. The Hall–Kier alpha value is -3.82. The van der Waals surface area contributed by atoms with E-state index in [1.165, 1.54) is 12.1 Å². The first kappa shape index (κ1) is 23.9. The van der Waals surface area contributed by atoms with Crippen molar-refractivity contribution in [2.24, 2.45) is 0 Å². The summed E-state index contributed by atoms with van der Waals surface area (Å²) in [7, 11) is 3.98. The summed E-state index contributed by atoms with van der Waals surface area (Å²) >= 11 is 0. The lowest BCUT2D eigenvalue weighted by Gasteiger charge is -2.31. The van der Waals surface area contributed by atoms with Gasteiger partial charge in [-0.1, -0.05) is 12.1 Å². The van der Waals surface area contributed by atoms with Crippen molar-refractivity contribution in [3.63, 3.8) is 0 Å². The number of hydrogen-bond donors (Lipinski definition) is 2. The molecular weight excluding hydrogens is 464 g/mol. The van der Waals surface area contributed by atoms with E-state index in [0.29, 0.717) is 42.0 Å². The maximum Gasteiger partial charge on any atom is 0.256 e. The van der Waals surface area contributed by atoms with Crippen LogP contribution >= 0.6 is 0 Å². The minimum atomic E-state index is -0.686. The number of rotatable bonds is 5. The maximum absolute atomic E-state index is 15.1. The largest absolute Gasteiger partial charge is 0.383 e. The number of anilines is 2. The van der Waals surface area contributed by atoms with Gasteiger partial charge in [-0.3, -0.25) is 4.79 Å². The zero-order valence-corrected chi connectivity index (χ0v) is 20.1. The quantitative estimate of drug-likeness (QED) is 0.410. The monoisotopic (exact) mass is 491 g/mol. The van der Waals surface area contributed by atoms with E-state index < -0.39 is 17.3 Å². The number of ether oxygens (including phenoxy) is 1. The summed E-state index contributed by atoms with van der Waals surface area (Å²) in [5.41, 5.74) is 9.81. The third-order valence-electron chi connectivity index (χ3n) is 6.40. The summed E-state index contributed by atoms with van der Waals surface area (Å²) in [5.74, 6) is -1.26. The molecule has 36 heavy (non-hydrogen) atoms. The lowest BCUT2D eigenvalue weighted by atomic mass is 9.97. The van der Waals surface area contributed by atoms with Gasteiger partial charge in [-0.25, -0.2) is 9.37 Å². The molecule has 2 aromatic carbocycles. The Labute approximate surface area is 207 Å². The van der Waals surface area contributed by atoms with Gasteiger partial charge in [0.2, 0.25) is 5.95 Å². The molecule has 5 rings (SSSR count). The van der Waals surface area contributed by atoms with Crippen molar-refractivity contribution < 1.29 is 13.5 Å². The number of hydrogen-bond acceptors (Lipinski definition) is 6. The van der Waals surface area contributed by atoms with Crippen molar-refractivity contribution >= 4 is 22.3 Å². The summed E-state index contributed by atoms with van der Waals surface area (Å²) < 4.78 is 35.0. The molecule has 7 nitrogen and oxygen atoms in total. The highest BCUT2D eigenvalue weighted by Gasteiger charge is 2.19. The first-order valence-electron chi connectivity index (χ1n) is 11.7. The van der Waals surface area contributed by atoms with Crippen molar-refractivity contribution in [1.29, 1.82) is 0 Å². The highest BCUT2D eigenvalue weighted by atomic mass is 19.1. The van der Waals surface area contributed by atoms with E-state index >= 15 is 4.39 Å². The fourth-order valence-electron chi connectivity index (χ4n) is 4.66. The first-order chi connectivity index (χ1) is 17.3. The van der Waals surface area contributed by atoms with Crippen molar-refractivity contribution in [2.75, 3.05) is 51.0 Å². The minimum Gasteiger partial charge on any atom is -0.383 e. The molecule has 3 N–H and O–H groups in total. The van der Waals surface area contributed by atoms with E-state index in [1.54, 1.807) is 12.1 Å². The first-order valence-corrected chi connectivity index (χ1v) is 11.7. The molecular formula is C27H27F2N5O2. The predicted octanol–water partition coefficient (Wildman–Crippen LogP) is 4.02. The standard InChI is InChI=1S/C27H27F2N5O2/c1-33(2)15-18-11-16(4-6-24(18)34-7-9-36-10-8-34)20-13-21(26(30)32-25(20)29)17-3-5-19-22(12-17)23(28)14-31-27(19)35/h3-6,11-14H,7-10,15H2,1-2H3,(H2,30,32)(H,31,35). The van der Waals surface area contributed by atoms with E-state index in [0.717, 1.165) is 30.5 Å². The number of aromatic amines is 1. The molecule has 0 spiro atoms. The molecule has 1 aliphatic heterocycles. The molecule has 0 radical (unpaired) electrons. The highest BCUT2D eigenvalue weighted by molar-refractivity contribution is 5.90. The Bertz CT molecular complexity index is 1500. The van der Waals surface area contributed by atoms with Gasteiger partial charge in [-0.2, -0.15) is 4.39 Å². The predicted molar refractivity (Wildman–Crippen MR) is 138 cm³/mol. The van der Waals surface area contributed by atoms with Crippen LogP contribution in [-0.2, 0) is 11.3 Å². The van der Waals surface area contributed by atoms with Gasteiger partial charge < -0.3 is 25.3 Å². The van der Waals surface area contributed by atoms with Crippen LogP contribution in [0.1, 0.15) is 5.56 Å². The second-order valence-corrected chi connectivity index (χ2v) is 9.17. The van der Waals surface area contributed by atoms with Crippen molar-refractivity contribution in [1.82, 2.24) is 14.9 Å². The lowest BCUT2D eigenvalue weighted by molar-refractivity contribution is 0.122. The summed E-state index contributed by atoms with van der Waals surface area (Å²) in [5, 5.41) is 0.379. The van der Waals surface area contributed by atoms with Crippen LogP contribution in [0.4, 0.5) is 20.3 Å². The molecule has 1 fully saturated rings. The van der Waals surface area contributed by atoms with Gasteiger partial charge in [0.25, 0.3) is 5.56 Å². The number of aromatic nitrogens is 2. The van der Waals surface area contributed by atoms with Gasteiger partial charge in [0.05, 0.1) is 13.2 Å². The van der Waals surface area contributed by atoms with E-state index in [-0.39, 0.29) is 16.6 Å².